The van der Waals surface area contributed by atoms with Crippen LogP contribution in [0.3, 0.4) is 0 Å². The average Bonchev–Trinajstić information content (AvgIpc) is 2.40. The molecule has 0 aliphatic carbocycles. The lowest BCUT2D eigenvalue weighted by atomic mass is 9.88. The maximum atomic E-state index is 11.4. The van der Waals surface area contributed by atoms with Crippen molar-refractivity contribution >= 4 is 5.97 Å². The normalized spacial score (nSPS) is 11.9. The van der Waals surface area contributed by atoms with Gasteiger partial charge in [-0.15, -0.1) is 0 Å². The van der Waals surface area contributed by atoms with Gasteiger partial charge in [0.25, 0.3) is 0 Å². The van der Waals surface area contributed by atoms with Crippen LogP contribution in [0, 0.1) is 11.3 Å². The number of aliphatic hydroxyl groups is 3. The van der Waals surface area contributed by atoms with Gasteiger partial charge in [0.1, 0.15) is 0 Å². The molecule has 0 aliphatic rings. The summed E-state index contributed by atoms with van der Waals surface area (Å²) < 4.78 is 5.04. The molecule has 0 heterocycles. The highest BCUT2D eigenvalue weighted by Crippen LogP contribution is 2.20. The van der Waals surface area contributed by atoms with Crippen LogP contribution in [0.1, 0.15) is 46.0 Å². The zero-order chi connectivity index (χ0) is 14.7. The zero-order valence-electron chi connectivity index (χ0n) is 12.1. The molecule has 0 atom stereocenters. The van der Waals surface area contributed by atoms with Crippen molar-refractivity contribution in [3.8, 4) is 0 Å². The molecule has 0 radical (unpaired) electrons. The first kappa shape index (κ1) is 18.4. The molecular weight excluding hydrogens is 248 g/mol. The molecule has 5 nitrogen and oxygen atoms in total. The van der Waals surface area contributed by atoms with E-state index in [0.717, 1.165) is 19.3 Å². The number of ether oxygens (including phenoxy) is 1. The van der Waals surface area contributed by atoms with Gasteiger partial charge in [0, 0.05) is 11.8 Å². The Morgan fingerprint density at radius 3 is 2.16 bits per heavy atom. The van der Waals surface area contributed by atoms with Crippen molar-refractivity contribution in [2.45, 2.75) is 46.0 Å². The largest absolute Gasteiger partial charge is 0.466 e. The highest BCUT2D eigenvalue weighted by Gasteiger charge is 2.28. The van der Waals surface area contributed by atoms with Crippen LogP contribution in [0.4, 0.5) is 0 Å². The van der Waals surface area contributed by atoms with E-state index in [1.165, 1.54) is 0 Å². The molecule has 0 fully saturated rings. The fourth-order valence-electron chi connectivity index (χ4n) is 1.66. The summed E-state index contributed by atoms with van der Waals surface area (Å²) in [5.74, 6) is 0.391. The van der Waals surface area contributed by atoms with E-state index in [1.807, 2.05) is 0 Å². The van der Waals surface area contributed by atoms with Gasteiger partial charge >= 0.3 is 5.97 Å². The van der Waals surface area contributed by atoms with E-state index in [1.54, 1.807) is 0 Å². The van der Waals surface area contributed by atoms with Crippen LogP contribution < -0.4 is 0 Å². The number of carbonyl (C=O) groups excluding carboxylic acids is 1. The molecule has 0 aliphatic heterocycles. The van der Waals surface area contributed by atoms with Crippen molar-refractivity contribution in [3.05, 3.63) is 0 Å². The average molecular weight is 276 g/mol. The molecule has 0 unspecified atom stereocenters. The highest BCUT2D eigenvalue weighted by molar-refractivity contribution is 5.69. The molecule has 5 heteroatoms. The van der Waals surface area contributed by atoms with Gasteiger partial charge in [-0.2, -0.15) is 0 Å². The van der Waals surface area contributed by atoms with E-state index in [4.69, 9.17) is 20.1 Å². The molecular formula is C14H28O5. The second kappa shape index (κ2) is 10.2. The van der Waals surface area contributed by atoms with Crippen molar-refractivity contribution in [3.63, 3.8) is 0 Å². The van der Waals surface area contributed by atoms with E-state index in [2.05, 4.69) is 13.8 Å². The van der Waals surface area contributed by atoms with Crippen LogP contribution in [-0.2, 0) is 9.53 Å². The van der Waals surface area contributed by atoms with Crippen molar-refractivity contribution in [2.75, 3.05) is 26.4 Å². The van der Waals surface area contributed by atoms with Gasteiger partial charge in [-0.25, -0.2) is 0 Å². The standard InChI is InChI=1S/C14H28O5/c1-12(2)5-3-4-6-13(18)19-8-7-14(9-15,10-16)11-17/h12,15-17H,3-11H2,1-2H3. The molecule has 0 aromatic heterocycles. The molecule has 0 aromatic rings. The Morgan fingerprint density at radius 2 is 1.68 bits per heavy atom. The number of aliphatic hydroxyl groups excluding tert-OH is 3. The van der Waals surface area contributed by atoms with Gasteiger partial charge in [0.2, 0.25) is 0 Å². The monoisotopic (exact) mass is 276 g/mol. The van der Waals surface area contributed by atoms with Crippen molar-refractivity contribution in [1.82, 2.24) is 0 Å². The van der Waals surface area contributed by atoms with E-state index in [0.29, 0.717) is 12.3 Å². The lowest BCUT2D eigenvalue weighted by Crippen LogP contribution is -2.35. The van der Waals surface area contributed by atoms with E-state index in [-0.39, 0.29) is 38.8 Å². The molecule has 3 N–H and O–H groups in total. The predicted molar refractivity (Wildman–Crippen MR) is 72.6 cm³/mol. The van der Waals surface area contributed by atoms with Gasteiger partial charge in [-0.1, -0.05) is 26.7 Å². The maximum absolute atomic E-state index is 11.4. The Hall–Kier alpha value is -0.650. The Morgan fingerprint density at radius 1 is 1.11 bits per heavy atom. The minimum absolute atomic E-state index is 0.116. The van der Waals surface area contributed by atoms with Gasteiger partial charge < -0.3 is 20.1 Å². The lowest BCUT2D eigenvalue weighted by molar-refractivity contribution is -0.145. The molecule has 0 amide bonds. The molecule has 0 bridgehead atoms. The van der Waals surface area contributed by atoms with E-state index >= 15 is 0 Å². The van der Waals surface area contributed by atoms with Crippen LogP contribution in [0.15, 0.2) is 0 Å². The Balaban J connectivity index is 3.73. The van der Waals surface area contributed by atoms with Gasteiger partial charge in [0.15, 0.2) is 0 Å². The third kappa shape index (κ3) is 8.18. The number of rotatable bonds is 11. The second-order valence-corrected chi connectivity index (χ2v) is 5.58. The van der Waals surface area contributed by atoms with Crippen LogP contribution in [-0.4, -0.2) is 47.7 Å². The van der Waals surface area contributed by atoms with E-state index < -0.39 is 5.41 Å². The first-order chi connectivity index (χ1) is 8.99. The second-order valence-electron chi connectivity index (χ2n) is 5.58. The summed E-state index contributed by atoms with van der Waals surface area (Å²) >= 11 is 0. The molecule has 0 saturated carbocycles. The Labute approximate surface area is 115 Å². The first-order valence-corrected chi connectivity index (χ1v) is 6.98. The summed E-state index contributed by atoms with van der Waals surface area (Å²) in [6.45, 7) is 3.43. The fourth-order valence-corrected chi connectivity index (χ4v) is 1.66. The van der Waals surface area contributed by atoms with Crippen molar-refractivity contribution in [2.24, 2.45) is 11.3 Å². The Bertz CT molecular complexity index is 228. The van der Waals surface area contributed by atoms with Gasteiger partial charge in [0.05, 0.1) is 26.4 Å². The number of esters is 1. The number of hydrogen-bond donors (Lipinski definition) is 3. The summed E-state index contributed by atoms with van der Waals surface area (Å²) in [7, 11) is 0. The fraction of sp³-hybridized carbons (Fsp3) is 0.929. The zero-order valence-corrected chi connectivity index (χ0v) is 12.1. The number of hydrogen-bond acceptors (Lipinski definition) is 5. The number of unbranched alkanes of at least 4 members (excludes halogenated alkanes) is 1. The lowest BCUT2D eigenvalue weighted by Gasteiger charge is -2.26. The minimum atomic E-state index is -0.960. The summed E-state index contributed by atoms with van der Waals surface area (Å²) in [5.41, 5.74) is -0.960. The third-order valence-electron chi connectivity index (χ3n) is 3.31. The van der Waals surface area contributed by atoms with Crippen LogP contribution >= 0.6 is 0 Å². The maximum Gasteiger partial charge on any atom is 0.305 e. The van der Waals surface area contributed by atoms with Crippen molar-refractivity contribution < 1.29 is 24.9 Å². The quantitative estimate of drug-likeness (QED) is 0.388. The third-order valence-corrected chi connectivity index (χ3v) is 3.31. The molecule has 0 saturated heterocycles. The molecule has 114 valence electrons. The van der Waals surface area contributed by atoms with Crippen LogP contribution in [0.25, 0.3) is 0 Å². The smallest absolute Gasteiger partial charge is 0.305 e. The number of carbonyl (C=O) groups is 1. The first-order valence-electron chi connectivity index (χ1n) is 6.98. The van der Waals surface area contributed by atoms with Crippen LogP contribution in [0.5, 0.6) is 0 Å². The summed E-state index contributed by atoms with van der Waals surface area (Å²) in [5, 5.41) is 27.3. The summed E-state index contributed by atoms with van der Waals surface area (Å²) in [4.78, 5) is 11.4. The SMILES string of the molecule is CC(C)CCCCC(=O)OCCC(CO)(CO)CO. The Kier molecular flexibility index (Phi) is 9.83. The molecule has 0 aromatic carbocycles. The minimum Gasteiger partial charge on any atom is -0.466 e. The summed E-state index contributed by atoms with van der Waals surface area (Å²) in [6, 6.07) is 0. The summed E-state index contributed by atoms with van der Waals surface area (Å²) in [6.07, 6.45) is 3.60. The molecule has 0 spiro atoms. The topological polar surface area (TPSA) is 87.0 Å². The van der Waals surface area contributed by atoms with Gasteiger partial charge in [-0.3, -0.25) is 4.79 Å². The molecule has 0 rings (SSSR count). The molecule has 19 heavy (non-hydrogen) atoms. The highest BCUT2D eigenvalue weighted by atomic mass is 16.5. The van der Waals surface area contributed by atoms with Crippen LogP contribution in [0.2, 0.25) is 0 Å². The van der Waals surface area contributed by atoms with Crippen molar-refractivity contribution in [1.29, 1.82) is 0 Å². The van der Waals surface area contributed by atoms with Gasteiger partial charge in [-0.05, 0) is 18.8 Å². The predicted octanol–water partition coefficient (Wildman–Crippen LogP) is 1.10. The van der Waals surface area contributed by atoms with E-state index in [9.17, 15) is 4.79 Å².